The van der Waals surface area contributed by atoms with E-state index >= 15 is 0 Å². The van der Waals surface area contributed by atoms with Gasteiger partial charge < -0.3 is 15.0 Å². The van der Waals surface area contributed by atoms with Crippen LogP contribution in [-0.4, -0.2) is 30.0 Å². The first-order valence-corrected chi connectivity index (χ1v) is 5.88. The van der Waals surface area contributed by atoms with E-state index in [1.54, 1.807) is 19.2 Å². The number of hydrogen-bond donors (Lipinski definition) is 2. The highest BCUT2D eigenvalue weighted by Gasteiger charge is 2.05. The zero-order valence-corrected chi connectivity index (χ0v) is 10.9. The van der Waals surface area contributed by atoms with Gasteiger partial charge in [0.05, 0.1) is 6.61 Å². The number of carbonyl (C=O) groups excluding carboxylic acids is 2. The maximum Gasteiger partial charge on any atom is 0.330 e. The van der Waals surface area contributed by atoms with Gasteiger partial charge in [-0.1, -0.05) is 6.08 Å². The molecule has 0 aromatic carbocycles. The molecule has 1 rings (SSSR count). The summed E-state index contributed by atoms with van der Waals surface area (Å²) < 4.78 is 5.50. The molecule has 0 radical (unpaired) electrons. The van der Waals surface area contributed by atoms with Gasteiger partial charge in [0.2, 0.25) is 0 Å². The first kappa shape index (κ1) is 13.5. The third-order valence-corrected chi connectivity index (χ3v) is 2.27. The van der Waals surface area contributed by atoms with Crippen LogP contribution in [0.15, 0.2) is 28.9 Å². The summed E-state index contributed by atoms with van der Waals surface area (Å²) in [7, 11) is 0. The lowest BCUT2D eigenvalue weighted by atomic mass is 10.4. The van der Waals surface area contributed by atoms with Crippen molar-refractivity contribution in [3.8, 4) is 0 Å². The van der Waals surface area contributed by atoms with Crippen LogP contribution in [0.1, 0.15) is 17.4 Å². The monoisotopic (exact) mass is 300 g/mol. The Morgan fingerprint density at radius 2 is 2.35 bits per heavy atom. The van der Waals surface area contributed by atoms with Crippen molar-refractivity contribution in [3.05, 3.63) is 34.6 Å². The molecule has 0 fully saturated rings. The van der Waals surface area contributed by atoms with Gasteiger partial charge in [-0.2, -0.15) is 0 Å². The van der Waals surface area contributed by atoms with Gasteiger partial charge in [0.25, 0.3) is 5.91 Å². The summed E-state index contributed by atoms with van der Waals surface area (Å²) >= 11 is 3.23. The van der Waals surface area contributed by atoms with Crippen molar-refractivity contribution in [2.45, 2.75) is 6.92 Å². The van der Waals surface area contributed by atoms with E-state index in [4.69, 9.17) is 0 Å². The van der Waals surface area contributed by atoms with Crippen LogP contribution in [0.2, 0.25) is 0 Å². The average molecular weight is 301 g/mol. The molecule has 0 unspecified atom stereocenters. The number of halogens is 1. The van der Waals surface area contributed by atoms with Gasteiger partial charge in [-0.05, 0) is 28.9 Å². The van der Waals surface area contributed by atoms with Gasteiger partial charge in [-0.3, -0.25) is 4.79 Å². The molecular weight excluding hydrogens is 288 g/mol. The van der Waals surface area contributed by atoms with Crippen molar-refractivity contribution in [1.29, 1.82) is 0 Å². The van der Waals surface area contributed by atoms with E-state index in [1.807, 2.05) is 0 Å². The Bertz CT molecular complexity index is 426. The molecule has 0 atom stereocenters. The standard InChI is InChI=1S/C11H13BrN2O3/c1-2-17-10(15)4-3-5-13-11(16)9-6-8(12)7-14-9/h3-4,6-7,14H,2,5H2,1H3,(H,13,16)/b4-3+. The van der Waals surface area contributed by atoms with Gasteiger partial charge in [0.1, 0.15) is 5.69 Å². The Hall–Kier alpha value is -1.56. The van der Waals surface area contributed by atoms with Crippen LogP contribution in [0.3, 0.4) is 0 Å². The molecule has 0 bridgehead atoms. The highest BCUT2D eigenvalue weighted by Crippen LogP contribution is 2.09. The van der Waals surface area contributed by atoms with Gasteiger partial charge in [-0.15, -0.1) is 0 Å². The fraction of sp³-hybridized carbons (Fsp3) is 0.273. The van der Waals surface area contributed by atoms with Crippen molar-refractivity contribution in [1.82, 2.24) is 10.3 Å². The molecule has 2 N–H and O–H groups in total. The van der Waals surface area contributed by atoms with E-state index in [2.05, 4.69) is 31.0 Å². The van der Waals surface area contributed by atoms with E-state index in [-0.39, 0.29) is 12.5 Å². The van der Waals surface area contributed by atoms with Gasteiger partial charge in [0.15, 0.2) is 0 Å². The summed E-state index contributed by atoms with van der Waals surface area (Å²) in [5.41, 5.74) is 0.460. The second-order valence-electron chi connectivity index (χ2n) is 3.10. The minimum absolute atomic E-state index is 0.232. The van der Waals surface area contributed by atoms with Crippen LogP contribution in [0.4, 0.5) is 0 Å². The molecule has 6 heteroatoms. The number of amides is 1. The predicted molar refractivity (Wildman–Crippen MR) is 66.6 cm³/mol. The van der Waals surface area contributed by atoms with Gasteiger partial charge in [0, 0.05) is 23.3 Å². The van der Waals surface area contributed by atoms with E-state index in [9.17, 15) is 9.59 Å². The molecule has 0 saturated heterocycles. The van der Waals surface area contributed by atoms with Crippen molar-refractivity contribution < 1.29 is 14.3 Å². The predicted octanol–water partition coefficient (Wildman–Crippen LogP) is 1.63. The number of carbonyl (C=O) groups is 2. The molecule has 0 aliphatic heterocycles. The molecule has 1 aromatic heterocycles. The van der Waals surface area contributed by atoms with E-state index in [1.165, 1.54) is 12.2 Å². The number of H-pyrrole nitrogens is 1. The van der Waals surface area contributed by atoms with Crippen LogP contribution >= 0.6 is 15.9 Å². The number of nitrogens with one attached hydrogen (secondary N) is 2. The molecule has 5 nitrogen and oxygen atoms in total. The van der Waals surface area contributed by atoms with Crippen LogP contribution in [-0.2, 0) is 9.53 Å². The lowest BCUT2D eigenvalue weighted by molar-refractivity contribution is -0.137. The Morgan fingerprint density at radius 1 is 1.59 bits per heavy atom. The summed E-state index contributed by atoms with van der Waals surface area (Å²) in [5.74, 6) is -0.645. The van der Waals surface area contributed by atoms with Gasteiger partial charge in [-0.25, -0.2) is 4.79 Å². The molecule has 0 saturated carbocycles. The maximum atomic E-state index is 11.5. The van der Waals surface area contributed by atoms with Crippen LogP contribution < -0.4 is 5.32 Å². The third-order valence-electron chi connectivity index (χ3n) is 1.81. The minimum Gasteiger partial charge on any atom is -0.463 e. The summed E-state index contributed by atoms with van der Waals surface area (Å²) in [5, 5.41) is 2.62. The van der Waals surface area contributed by atoms with Crippen LogP contribution in [0.5, 0.6) is 0 Å². The number of hydrogen-bond acceptors (Lipinski definition) is 3. The molecule has 1 heterocycles. The van der Waals surface area contributed by atoms with E-state index < -0.39 is 5.97 Å². The number of esters is 1. The molecule has 0 aliphatic rings. The molecule has 0 aliphatic carbocycles. The third kappa shape index (κ3) is 4.86. The summed E-state index contributed by atoms with van der Waals surface area (Å²) in [4.78, 5) is 25.2. The van der Waals surface area contributed by atoms with Crippen molar-refractivity contribution in [2.24, 2.45) is 0 Å². The minimum atomic E-state index is -0.413. The zero-order valence-electron chi connectivity index (χ0n) is 9.33. The SMILES string of the molecule is CCOC(=O)/C=C/CNC(=O)c1cc(Br)c[nH]1. The molecule has 1 aromatic rings. The lowest BCUT2D eigenvalue weighted by Crippen LogP contribution is -2.23. The smallest absolute Gasteiger partial charge is 0.330 e. The maximum absolute atomic E-state index is 11.5. The molecule has 0 spiro atoms. The van der Waals surface area contributed by atoms with E-state index in [0.717, 1.165) is 4.47 Å². The van der Waals surface area contributed by atoms with Crippen LogP contribution in [0, 0.1) is 0 Å². The summed E-state index contributed by atoms with van der Waals surface area (Å²) in [6.07, 6.45) is 4.49. The van der Waals surface area contributed by atoms with Crippen molar-refractivity contribution in [3.63, 3.8) is 0 Å². The summed E-state index contributed by atoms with van der Waals surface area (Å²) in [6, 6.07) is 1.67. The highest BCUT2D eigenvalue weighted by atomic mass is 79.9. The Morgan fingerprint density at radius 3 is 2.94 bits per heavy atom. The Labute approximate surface area is 107 Å². The van der Waals surface area contributed by atoms with Crippen LogP contribution in [0.25, 0.3) is 0 Å². The number of ether oxygens (including phenoxy) is 1. The number of aromatic nitrogens is 1. The van der Waals surface area contributed by atoms with E-state index in [0.29, 0.717) is 12.3 Å². The second-order valence-corrected chi connectivity index (χ2v) is 4.01. The van der Waals surface area contributed by atoms with Gasteiger partial charge >= 0.3 is 5.97 Å². The first-order chi connectivity index (χ1) is 8.13. The first-order valence-electron chi connectivity index (χ1n) is 5.09. The van der Waals surface area contributed by atoms with Crippen molar-refractivity contribution in [2.75, 3.05) is 13.2 Å². The lowest BCUT2D eigenvalue weighted by Gasteiger charge is -1.99. The average Bonchev–Trinajstić information content (AvgIpc) is 2.71. The fourth-order valence-corrected chi connectivity index (χ4v) is 1.43. The number of rotatable bonds is 5. The Balaban J connectivity index is 2.32. The highest BCUT2D eigenvalue weighted by molar-refractivity contribution is 9.10. The normalized spacial score (nSPS) is 10.5. The fourth-order valence-electron chi connectivity index (χ4n) is 1.09. The quantitative estimate of drug-likeness (QED) is 0.641. The number of aromatic amines is 1. The largest absolute Gasteiger partial charge is 0.463 e. The molecule has 92 valence electrons. The zero-order chi connectivity index (χ0) is 12.7. The molecule has 1 amide bonds. The molecular formula is C11H13BrN2O3. The van der Waals surface area contributed by atoms with Crippen molar-refractivity contribution >= 4 is 27.8 Å². The Kier molecular flexibility index (Phi) is 5.48. The second kappa shape index (κ2) is 6.90. The molecule has 17 heavy (non-hydrogen) atoms. The topological polar surface area (TPSA) is 71.2 Å². The summed E-state index contributed by atoms with van der Waals surface area (Å²) in [6.45, 7) is 2.34.